The van der Waals surface area contributed by atoms with E-state index in [1.165, 1.54) is 12.1 Å². The summed E-state index contributed by atoms with van der Waals surface area (Å²) >= 11 is 0. The van der Waals surface area contributed by atoms with E-state index in [9.17, 15) is 9.18 Å². The van der Waals surface area contributed by atoms with Crippen LogP contribution < -0.4 is 10.1 Å². The molecule has 0 aromatic heterocycles. The van der Waals surface area contributed by atoms with Crippen LogP contribution in [0.3, 0.4) is 0 Å². The van der Waals surface area contributed by atoms with E-state index in [1.807, 2.05) is 4.90 Å². The number of hydrogen-bond donors (Lipinski definition) is 1. The Morgan fingerprint density at radius 1 is 1.23 bits per heavy atom. The third kappa shape index (κ3) is 4.11. The molecule has 2 atom stereocenters. The molecule has 0 spiro atoms. The monoisotopic (exact) mass is 328 g/mol. The third-order valence-corrected chi connectivity index (χ3v) is 4.36. The summed E-state index contributed by atoms with van der Waals surface area (Å²) in [6.45, 7) is 4.37. The first-order chi connectivity index (χ1) is 10.2. The predicted octanol–water partition coefficient (Wildman–Crippen LogP) is 2.08. The Labute approximate surface area is 136 Å². The lowest BCUT2D eigenvalue weighted by Gasteiger charge is -2.17. The molecule has 4 nitrogen and oxygen atoms in total. The number of ether oxygens (including phenoxy) is 1. The second-order valence-electron chi connectivity index (χ2n) is 5.88. The normalized spacial score (nSPS) is 23.0. The number of fused-ring (bicyclic) bond motifs is 1. The summed E-state index contributed by atoms with van der Waals surface area (Å²) in [5, 5.41) is 3.37. The van der Waals surface area contributed by atoms with Crippen LogP contribution >= 0.6 is 12.4 Å². The molecule has 0 bridgehead atoms. The summed E-state index contributed by atoms with van der Waals surface area (Å²) in [4.78, 5) is 14.1. The van der Waals surface area contributed by atoms with E-state index >= 15 is 0 Å². The molecule has 3 rings (SSSR count). The quantitative estimate of drug-likeness (QED) is 0.842. The van der Waals surface area contributed by atoms with Crippen LogP contribution in [0.15, 0.2) is 24.3 Å². The molecule has 22 heavy (non-hydrogen) atoms. The first-order valence-electron chi connectivity index (χ1n) is 7.59. The molecule has 1 aromatic rings. The molecule has 122 valence electrons. The van der Waals surface area contributed by atoms with E-state index in [4.69, 9.17) is 4.74 Å². The minimum atomic E-state index is -0.272. The van der Waals surface area contributed by atoms with Crippen molar-refractivity contribution in [3.05, 3.63) is 30.1 Å². The number of halogens is 2. The van der Waals surface area contributed by atoms with E-state index in [0.29, 0.717) is 37.0 Å². The minimum Gasteiger partial charge on any atom is -0.494 e. The van der Waals surface area contributed by atoms with Gasteiger partial charge in [0.05, 0.1) is 6.61 Å². The van der Waals surface area contributed by atoms with Crippen molar-refractivity contribution in [1.82, 2.24) is 10.2 Å². The lowest BCUT2D eigenvalue weighted by atomic mass is 10.0. The topological polar surface area (TPSA) is 41.6 Å². The fourth-order valence-corrected chi connectivity index (χ4v) is 3.16. The largest absolute Gasteiger partial charge is 0.494 e. The molecule has 0 aliphatic carbocycles. The number of carbonyl (C=O) groups excluding carboxylic acids is 1. The zero-order valence-electron chi connectivity index (χ0n) is 12.5. The molecule has 2 heterocycles. The molecule has 0 radical (unpaired) electrons. The van der Waals surface area contributed by atoms with E-state index < -0.39 is 0 Å². The van der Waals surface area contributed by atoms with Gasteiger partial charge in [-0.25, -0.2) is 4.39 Å². The highest BCUT2D eigenvalue weighted by atomic mass is 35.5. The molecule has 0 unspecified atom stereocenters. The molecule has 0 saturated carbocycles. The van der Waals surface area contributed by atoms with Crippen molar-refractivity contribution in [1.29, 1.82) is 0 Å². The van der Waals surface area contributed by atoms with E-state index in [1.54, 1.807) is 12.1 Å². The number of hydrogen-bond acceptors (Lipinski definition) is 3. The molecule has 1 aromatic carbocycles. The number of rotatable bonds is 5. The van der Waals surface area contributed by atoms with Crippen molar-refractivity contribution >= 4 is 18.3 Å². The van der Waals surface area contributed by atoms with Gasteiger partial charge in [-0.2, -0.15) is 0 Å². The fraction of sp³-hybridized carbons (Fsp3) is 0.562. The van der Waals surface area contributed by atoms with Crippen LogP contribution in [-0.4, -0.2) is 43.6 Å². The summed E-state index contributed by atoms with van der Waals surface area (Å²) in [7, 11) is 0. The SMILES string of the molecule is Cl.O=C(CCCOc1ccc(F)cc1)N1C[C@H]2CNC[C@H]2C1. The zero-order valence-corrected chi connectivity index (χ0v) is 13.3. The van der Waals surface area contributed by atoms with E-state index in [0.717, 1.165) is 26.2 Å². The maximum atomic E-state index is 12.7. The van der Waals surface area contributed by atoms with Crippen molar-refractivity contribution in [3.63, 3.8) is 0 Å². The predicted molar refractivity (Wildman–Crippen MR) is 84.8 cm³/mol. The first-order valence-corrected chi connectivity index (χ1v) is 7.59. The maximum Gasteiger partial charge on any atom is 0.222 e. The van der Waals surface area contributed by atoms with E-state index in [2.05, 4.69) is 5.32 Å². The molecule has 1 amide bonds. The van der Waals surface area contributed by atoms with Gasteiger partial charge in [-0.3, -0.25) is 4.79 Å². The summed E-state index contributed by atoms with van der Waals surface area (Å²) in [6, 6.07) is 5.95. The second kappa shape index (κ2) is 7.79. The Bertz CT molecular complexity index is 485. The average molecular weight is 329 g/mol. The number of nitrogens with one attached hydrogen (secondary N) is 1. The maximum absolute atomic E-state index is 12.7. The van der Waals surface area contributed by atoms with Crippen LogP contribution in [0.25, 0.3) is 0 Å². The van der Waals surface area contributed by atoms with Crippen molar-refractivity contribution in [2.24, 2.45) is 11.8 Å². The number of likely N-dealkylation sites (tertiary alicyclic amines) is 1. The molecule has 2 saturated heterocycles. The summed E-state index contributed by atoms with van der Waals surface area (Å²) in [5.74, 6) is 1.89. The Hall–Kier alpha value is -1.33. The Balaban J connectivity index is 0.00000176. The number of benzene rings is 1. The highest BCUT2D eigenvalue weighted by molar-refractivity contribution is 5.85. The first kappa shape index (κ1) is 17.0. The number of amides is 1. The lowest BCUT2D eigenvalue weighted by molar-refractivity contribution is -0.130. The van der Waals surface area contributed by atoms with Gasteiger partial charge in [0.2, 0.25) is 5.91 Å². The Morgan fingerprint density at radius 2 is 1.86 bits per heavy atom. The van der Waals surface area contributed by atoms with Crippen LogP contribution in [0.4, 0.5) is 4.39 Å². The van der Waals surface area contributed by atoms with Gasteiger partial charge in [0.1, 0.15) is 11.6 Å². The van der Waals surface area contributed by atoms with Gasteiger partial charge in [0, 0.05) is 32.6 Å². The highest BCUT2D eigenvalue weighted by Gasteiger charge is 2.37. The van der Waals surface area contributed by atoms with Gasteiger partial charge in [-0.05, 0) is 42.5 Å². The number of carbonyl (C=O) groups is 1. The summed E-state index contributed by atoms with van der Waals surface area (Å²) in [5.41, 5.74) is 0. The minimum absolute atomic E-state index is 0. The molecule has 2 fully saturated rings. The summed E-state index contributed by atoms with van der Waals surface area (Å²) < 4.78 is 18.2. The molecule has 1 N–H and O–H groups in total. The zero-order chi connectivity index (χ0) is 14.7. The molecular formula is C16H22ClFN2O2. The Morgan fingerprint density at radius 3 is 2.50 bits per heavy atom. The average Bonchev–Trinajstić information content (AvgIpc) is 3.06. The van der Waals surface area contributed by atoms with Crippen molar-refractivity contribution in [2.45, 2.75) is 12.8 Å². The standard InChI is InChI=1S/C16H21FN2O2.ClH/c17-14-3-5-15(6-4-14)21-7-1-2-16(20)19-10-12-8-18-9-13(12)11-19;/h3-6,12-13,18H,1-2,7-11H2;1H/t12-,13+;. The van der Waals surface area contributed by atoms with Gasteiger partial charge >= 0.3 is 0 Å². The van der Waals surface area contributed by atoms with Crippen LogP contribution in [0.5, 0.6) is 5.75 Å². The fourth-order valence-electron chi connectivity index (χ4n) is 3.16. The van der Waals surface area contributed by atoms with Crippen molar-refractivity contribution in [3.8, 4) is 5.75 Å². The molecule has 6 heteroatoms. The second-order valence-corrected chi connectivity index (χ2v) is 5.88. The third-order valence-electron chi connectivity index (χ3n) is 4.36. The molecule has 2 aliphatic heterocycles. The van der Waals surface area contributed by atoms with Crippen molar-refractivity contribution in [2.75, 3.05) is 32.8 Å². The molecule has 2 aliphatic rings. The highest BCUT2D eigenvalue weighted by Crippen LogP contribution is 2.26. The van der Waals surface area contributed by atoms with E-state index in [-0.39, 0.29) is 24.1 Å². The van der Waals surface area contributed by atoms with Crippen LogP contribution in [0, 0.1) is 17.7 Å². The summed E-state index contributed by atoms with van der Waals surface area (Å²) in [6.07, 6.45) is 1.22. The molecular weight excluding hydrogens is 307 g/mol. The van der Waals surface area contributed by atoms with Crippen LogP contribution in [0.1, 0.15) is 12.8 Å². The van der Waals surface area contributed by atoms with Gasteiger partial charge in [0.25, 0.3) is 0 Å². The van der Waals surface area contributed by atoms with Gasteiger partial charge in [-0.1, -0.05) is 0 Å². The van der Waals surface area contributed by atoms with Gasteiger partial charge < -0.3 is 15.0 Å². The van der Waals surface area contributed by atoms with Crippen molar-refractivity contribution < 1.29 is 13.9 Å². The van der Waals surface area contributed by atoms with Gasteiger partial charge in [0.15, 0.2) is 0 Å². The number of nitrogens with zero attached hydrogens (tertiary/aromatic N) is 1. The van der Waals surface area contributed by atoms with Crippen LogP contribution in [0.2, 0.25) is 0 Å². The van der Waals surface area contributed by atoms with Crippen LogP contribution in [-0.2, 0) is 4.79 Å². The van der Waals surface area contributed by atoms with Gasteiger partial charge in [-0.15, -0.1) is 12.4 Å². The smallest absolute Gasteiger partial charge is 0.222 e. The lowest BCUT2D eigenvalue weighted by Crippen LogP contribution is -2.31. The Kier molecular flexibility index (Phi) is 6.03.